The van der Waals surface area contributed by atoms with Crippen molar-refractivity contribution in [3.8, 4) is 23.0 Å². The van der Waals surface area contributed by atoms with E-state index in [2.05, 4.69) is 10.1 Å². The summed E-state index contributed by atoms with van der Waals surface area (Å²) >= 11 is 0. The number of methoxy groups -OCH3 is 2. The average molecular weight is 395 g/mol. The number of aromatic nitrogens is 2. The lowest BCUT2D eigenvalue weighted by molar-refractivity contribution is -0.0276. The van der Waals surface area contributed by atoms with E-state index in [1.807, 2.05) is 24.3 Å². The summed E-state index contributed by atoms with van der Waals surface area (Å²) < 4.78 is 21.5. The standard InChI is InChI=1S/C21H21N3O5/c1-26-16-8-6-14(7-9-16)20-22-19(23-29-20)18-13-24(10-11-28-18)21(25)15-4-3-5-17(12-15)27-2/h3-9,12,18H,10-11,13H2,1-2H3/t18-/m0/s1. The summed E-state index contributed by atoms with van der Waals surface area (Å²) in [6, 6.07) is 14.4. The minimum atomic E-state index is -0.450. The van der Waals surface area contributed by atoms with Gasteiger partial charge in [-0.05, 0) is 42.5 Å². The normalized spacial score (nSPS) is 16.5. The molecule has 1 saturated heterocycles. The predicted molar refractivity (Wildman–Crippen MR) is 104 cm³/mol. The van der Waals surface area contributed by atoms with Gasteiger partial charge in [-0.3, -0.25) is 4.79 Å². The van der Waals surface area contributed by atoms with Gasteiger partial charge in [0, 0.05) is 17.7 Å². The Hall–Kier alpha value is -3.39. The third-order valence-corrected chi connectivity index (χ3v) is 4.74. The van der Waals surface area contributed by atoms with Crippen LogP contribution < -0.4 is 9.47 Å². The molecular weight excluding hydrogens is 374 g/mol. The summed E-state index contributed by atoms with van der Waals surface area (Å²) in [5.41, 5.74) is 1.35. The molecule has 4 rings (SSSR count). The molecule has 1 aromatic heterocycles. The summed E-state index contributed by atoms with van der Waals surface area (Å²) in [6.07, 6.45) is -0.450. The van der Waals surface area contributed by atoms with Crippen molar-refractivity contribution in [1.82, 2.24) is 15.0 Å². The Kier molecular flexibility index (Phi) is 5.44. The minimum Gasteiger partial charge on any atom is -0.497 e. The SMILES string of the molecule is COc1ccc(-c2nc([C@@H]3CN(C(=O)c4cccc(OC)c4)CCO3)no2)cc1. The second kappa shape index (κ2) is 8.32. The Morgan fingerprint density at radius 3 is 2.66 bits per heavy atom. The maximum absolute atomic E-state index is 12.9. The molecule has 0 N–H and O–H groups in total. The first-order valence-electron chi connectivity index (χ1n) is 9.21. The molecule has 1 amide bonds. The first-order valence-corrected chi connectivity index (χ1v) is 9.21. The van der Waals surface area contributed by atoms with E-state index in [1.165, 1.54) is 0 Å². The molecule has 0 bridgehead atoms. The Morgan fingerprint density at radius 2 is 1.90 bits per heavy atom. The average Bonchev–Trinajstić information content (AvgIpc) is 3.29. The monoisotopic (exact) mass is 395 g/mol. The van der Waals surface area contributed by atoms with E-state index in [4.69, 9.17) is 18.7 Å². The van der Waals surface area contributed by atoms with Crippen LogP contribution in [0.5, 0.6) is 11.5 Å². The summed E-state index contributed by atoms with van der Waals surface area (Å²) in [5, 5.41) is 4.05. The molecule has 1 fully saturated rings. The number of morpholine rings is 1. The first kappa shape index (κ1) is 18.9. The predicted octanol–water partition coefficient (Wildman–Crippen LogP) is 2.97. The van der Waals surface area contributed by atoms with Gasteiger partial charge in [0.15, 0.2) is 0 Å². The van der Waals surface area contributed by atoms with Gasteiger partial charge in [0.1, 0.15) is 17.6 Å². The molecule has 0 unspecified atom stereocenters. The molecule has 0 spiro atoms. The van der Waals surface area contributed by atoms with Gasteiger partial charge in [-0.15, -0.1) is 0 Å². The summed E-state index contributed by atoms with van der Waals surface area (Å²) in [6.45, 7) is 1.24. The van der Waals surface area contributed by atoms with Crippen molar-refractivity contribution in [2.24, 2.45) is 0 Å². The van der Waals surface area contributed by atoms with Crippen LogP contribution in [0.4, 0.5) is 0 Å². The van der Waals surface area contributed by atoms with Crippen LogP contribution in [-0.2, 0) is 4.74 Å². The van der Waals surface area contributed by atoms with E-state index < -0.39 is 6.10 Å². The molecule has 150 valence electrons. The Morgan fingerprint density at radius 1 is 1.10 bits per heavy atom. The maximum Gasteiger partial charge on any atom is 0.258 e. The molecule has 8 heteroatoms. The zero-order valence-corrected chi connectivity index (χ0v) is 16.2. The fraction of sp³-hybridized carbons (Fsp3) is 0.286. The number of rotatable bonds is 5. The zero-order chi connectivity index (χ0) is 20.2. The fourth-order valence-electron chi connectivity index (χ4n) is 3.15. The number of ether oxygens (including phenoxy) is 3. The van der Waals surface area contributed by atoms with Crippen molar-refractivity contribution >= 4 is 5.91 Å². The van der Waals surface area contributed by atoms with Crippen molar-refractivity contribution in [3.05, 3.63) is 59.9 Å². The number of amides is 1. The van der Waals surface area contributed by atoms with Crippen LogP contribution in [0.1, 0.15) is 22.3 Å². The molecule has 2 aromatic carbocycles. The highest BCUT2D eigenvalue weighted by Crippen LogP contribution is 2.26. The fourth-order valence-corrected chi connectivity index (χ4v) is 3.15. The van der Waals surface area contributed by atoms with Gasteiger partial charge in [-0.25, -0.2) is 0 Å². The zero-order valence-electron chi connectivity index (χ0n) is 16.2. The van der Waals surface area contributed by atoms with E-state index in [1.54, 1.807) is 43.4 Å². The van der Waals surface area contributed by atoms with Crippen LogP contribution in [0.25, 0.3) is 11.5 Å². The molecule has 2 heterocycles. The topological polar surface area (TPSA) is 86.9 Å². The molecule has 1 aliphatic rings. The van der Waals surface area contributed by atoms with E-state index in [-0.39, 0.29) is 5.91 Å². The van der Waals surface area contributed by atoms with Crippen LogP contribution in [0.15, 0.2) is 53.1 Å². The van der Waals surface area contributed by atoms with Crippen LogP contribution >= 0.6 is 0 Å². The Labute approximate surface area is 168 Å². The molecule has 0 saturated carbocycles. The highest BCUT2D eigenvalue weighted by Gasteiger charge is 2.29. The highest BCUT2D eigenvalue weighted by molar-refractivity contribution is 5.94. The van der Waals surface area contributed by atoms with Crippen LogP contribution in [0.3, 0.4) is 0 Å². The van der Waals surface area contributed by atoms with Gasteiger partial charge < -0.3 is 23.6 Å². The third-order valence-electron chi connectivity index (χ3n) is 4.74. The van der Waals surface area contributed by atoms with Crippen molar-refractivity contribution in [2.45, 2.75) is 6.10 Å². The highest BCUT2D eigenvalue weighted by atomic mass is 16.5. The van der Waals surface area contributed by atoms with Crippen molar-refractivity contribution in [1.29, 1.82) is 0 Å². The van der Waals surface area contributed by atoms with Gasteiger partial charge in [-0.1, -0.05) is 11.2 Å². The van der Waals surface area contributed by atoms with Crippen LogP contribution in [-0.4, -0.2) is 54.9 Å². The van der Waals surface area contributed by atoms with Gasteiger partial charge >= 0.3 is 0 Å². The largest absolute Gasteiger partial charge is 0.497 e. The van der Waals surface area contributed by atoms with E-state index in [0.717, 1.165) is 11.3 Å². The summed E-state index contributed by atoms with van der Waals surface area (Å²) in [7, 11) is 3.18. The first-order chi connectivity index (χ1) is 14.2. The van der Waals surface area contributed by atoms with Crippen molar-refractivity contribution in [2.75, 3.05) is 33.9 Å². The second-order valence-corrected chi connectivity index (χ2v) is 6.53. The van der Waals surface area contributed by atoms with Crippen molar-refractivity contribution < 1.29 is 23.5 Å². The van der Waals surface area contributed by atoms with Gasteiger partial charge in [0.2, 0.25) is 5.82 Å². The van der Waals surface area contributed by atoms with Gasteiger partial charge in [0.05, 0.1) is 27.4 Å². The molecule has 3 aromatic rings. The lowest BCUT2D eigenvalue weighted by Gasteiger charge is -2.31. The number of nitrogens with zero attached hydrogens (tertiary/aromatic N) is 3. The van der Waals surface area contributed by atoms with Crippen LogP contribution in [0, 0.1) is 0 Å². The molecule has 1 atom stereocenters. The van der Waals surface area contributed by atoms with Gasteiger partial charge in [-0.2, -0.15) is 4.98 Å². The van der Waals surface area contributed by atoms with Crippen molar-refractivity contribution in [3.63, 3.8) is 0 Å². The quantitative estimate of drug-likeness (QED) is 0.656. The number of hydrogen-bond donors (Lipinski definition) is 0. The van der Waals surface area contributed by atoms with E-state index in [0.29, 0.717) is 42.7 Å². The third kappa shape index (κ3) is 4.07. The smallest absolute Gasteiger partial charge is 0.258 e. The molecule has 29 heavy (non-hydrogen) atoms. The Bertz CT molecular complexity index is 986. The molecule has 0 radical (unpaired) electrons. The molecule has 1 aliphatic heterocycles. The lowest BCUT2D eigenvalue weighted by Crippen LogP contribution is -2.42. The summed E-state index contributed by atoms with van der Waals surface area (Å²) in [5.74, 6) is 2.11. The maximum atomic E-state index is 12.9. The number of carbonyl (C=O) groups is 1. The molecular formula is C21H21N3O5. The molecule has 8 nitrogen and oxygen atoms in total. The Balaban J connectivity index is 1.48. The van der Waals surface area contributed by atoms with Crippen LogP contribution in [0.2, 0.25) is 0 Å². The van der Waals surface area contributed by atoms with Gasteiger partial charge in [0.25, 0.3) is 11.8 Å². The number of carbonyl (C=O) groups excluding carboxylic acids is 1. The second-order valence-electron chi connectivity index (χ2n) is 6.53. The minimum absolute atomic E-state index is 0.0870. The summed E-state index contributed by atoms with van der Waals surface area (Å²) in [4.78, 5) is 19.1. The van der Waals surface area contributed by atoms with E-state index in [9.17, 15) is 4.79 Å². The van der Waals surface area contributed by atoms with E-state index >= 15 is 0 Å². The number of benzene rings is 2. The number of hydrogen-bond acceptors (Lipinski definition) is 7. The lowest BCUT2D eigenvalue weighted by atomic mass is 10.1. The molecule has 0 aliphatic carbocycles.